The number of carbonyl (C=O) groups is 3. The zero-order valence-corrected chi connectivity index (χ0v) is 21.1. The van der Waals surface area contributed by atoms with Crippen molar-refractivity contribution in [1.82, 2.24) is 19.7 Å². The second kappa shape index (κ2) is 10.3. The molecule has 2 aromatic rings. The zero-order chi connectivity index (χ0) is 26.1. The van der Waals surface area contributed by atoms with Crippen LogP contribution >= 0.6 is 0 Å². The van der Waals surface area contributed by atoms with Gasteiger partial charge in [-0.15, -0.1) is 0 Å². The number of piperidine rings is 1. The molecule has 4 heterocycles. The van der Waals surface area contributed by atoms with Crippen LogP contribution in [0.4, 0.5) is 4.79 Å². The number of hydrogen-bond acceptors (Lipinski definition) is 6. The van der Waals surface area contributed by atoms with Crippen LogP contribution in [0.2, 0.25) is 0 Å². The van der Waals surface area contributed by atoms with E-state index in [9.17, 15) is 19.2 Å². The maximum atomic E-state index is 13.1. The van der Waals surface area contributed by atoms with Crippen molar-refractivity contribution in [2.24, 2.45) is 5.92 Å². The second-order valence-corrected chi connectivity index (χ2v) is 9.97. The van der Waals surface area contributed by atoms with E-state index >= 15 is 0 Å². The van der Waals surface area contributed by atoms with E-state index in [1.165, 1.54) is 4.90 Å². The molecule has 10 heteroatoms. The number of nitrogens with one attached hydrogen (secondary N) is 1. The third-order valence-electron chi connectivity index (χ3n) is 7.66. The molecule has 0 radical (unpaired) electrons. The fourth-order valence-corrected chi connectivity index (χ4v) is 5.79. The van der Waals surface area contributed by atoms with E-state index in [0.29, 0.717) is 37.6 Å². The lowest BCUT2D eigenvalue weighted by molar-refractivity contribution is -0.134. The number of ether oxygens (including phenoxy) is 2. The predicted octanol–water partition coefficient (Wildman–Crippen LogP) is 1.75. The topological polar surface area (TPSA) is 110 Å². The fourth-order valence-electron chi connectivity index (χ4n) is 5.79. The van der Waals surface area contributed by atoms with Crippen molar-refractivity contribution in [3.8, 4) is 11.5 Å². The lowest BCUT2D eigenvalue weighted by Gasteiger charge is -2.42. The van der Waals surface area contributed by atoms with Gasteiger partial charge >= 0.3 is 6.03 Å². The first-order valence-electron chi connectivity index (χ1n) is 12.7. The van der Waals surface area contributed by atoms with Gasteiger partial charge in [-0.1, -0.05) is 12.1 Å². The van der Waals surface area contributed by atoms with Gasteiger partial charge in [0, 0.05) is 50.3 Å². The molecule has 0 aliphatic carbocycles. The zero-order valence-electron chi connectivity index (χ0n) is 21.1. The van der Waals surface area contributed by atoms with Crippen molar-refractivity contribution in [2.75, 3.05) is 33.9 Å². The summed E-state index contributed by atoms with van der Waals surface area (Å²) in [5.74, 6) is 1.27. The number of fused-ring (bicyclic) bond motifs is 4. The van der Waals surface area contributed by atoms with E-state index < -0.39 is 12.1 Å². The van der Waals surface area contributed by atoms with Crippen molar-refractivity contribution in [2.45, 2.75) is 44.2 Å². The van der Waals surface area contributed by atoms with Crippen molar-refractivity contribution in [1.29, 1.82) is 0 Å². The number of likely N-dealkylation sites (tertiary alicyclic amines) is 1. The number of benzene rings is 1. The summed E-state index contributed by atoms with van der Waals surface area (Å²) in [4.78, 5) is 53.8. The quantitative estimate of drug-likeness (QED) is 0.544. The number of nitrogens with zero attached hydrogens (tertiary/aromatic N) is 3. The molecule has 3 aliphatic heterocycles. The molecule has 2 bridgehead atoms. The summed E-state index contributed by atoms with van der Waals surface area (Å²) < 4.78 is 12.4. The molecule has 37 heavy (non-hydrogen) atoms. The Hall–Kier alpha value is -3.82. The van der Waals surface area contributed by atoms with Crippen LogP contribution in [0.25, 0.3) is 0 Å². The van der Waals surface area contributed by atoms with Crippen LogP contribution in [-0.4, -0.2) is 72.1 Å². The summed E-state index contributed by atoms with van der Waals surface area (Å²) in [6.45, 7) is 2.04. The van der Waals surface area contributed by atoms with Gasteiger partial charge in [0.1, 0.15) is 6.04 Å². The van der Waals surface area contributed by atoms with Crippen molar-refractivity contribution in [3.05, 3.63) is 58.0 Å². The standard InChI is InChI=1S/C27H32N4O6/c1-36-22-8-6-17(13-23(22)37-2)10-11-30-26(34)20(28-27(30)35)7-9-24(32)29-14-18-12-19(16-29)21-4-3-5-25(33)31(21)15-18/h3-6,8,13,18-20H,7,9-12,14-16H2,1-2H3,(H,28,35). The van der Waals surface area contributed by atoms with E-state index in [0.717, 1.165) is 17.7 Å². The van der Waals surface area contributed by atoms with Crippen LogP contribution in [-0.2, 0) is 22.6 Å². The Morgan fingerprint density at radius 2 is 1.84 bits per heavy atom. The van der Waals surface area contributed by atoms with Gasteiger partial charge in [-0.3, -0.25) is 19.3 Å². The molecule has 2 fully saturated rings. The van der Waals surface area contributed by atoms with Crippen LogP contribution in [0.3, 0.4) is 0 Å². The Bertz CT molecular complexity index is 1270. The van der Waals surface area contributed by atoms with Gasteiger partial charge in [-0.25, -0.2) is 4.79 Å². The normalized spacial score (nSPS) is 22.5. The minimum Gasteiger partial charge on any atom is -0.493 e. The van der Waals surface area contributed by atoms with Gasteiger partial charge in [0.15, 0.2) is 11.5 Å². The number of carbonyl (C=O) groups excluding carboxylic acids is 3. The SMILES string of the molecule is COc1ccc(CCN2C(=O)NC(CCC(=O)N3CC4CC(C3)c3cccc(=O)n3C4)C2=O)cc1OC. The van der Waals surface area contributed by atoms with Crippen LogP contribution in [0.5, 0.6) is 11.5 Å². The summed E-state index contributed by atoms with van der Waals surface area (Å²) in [5, 5.41) is 2.73. The third-order valence-corrected chi connectivity index (χ3v) is 7.66. The van der Waals surface area contributed by atoms with E-state index in [2.05, 4.69) is 5.32 Å². The molecule has 1 aromatic carbocycles. The average molecular weight is 509 g/mol. The highest BCUT2D eigenvalue weighted by Crippen LogP contribution is 2.35. The van der Waals surface area contributed by atoms with Crippen molar-refractivity contribution >= 4 is 17.8 Å². The summed E-state index contributed by atoms with van der Waals surface area (Å²) in [6, 6.07) is 9.69. The van der Waals surface area contributed by atoms with Gasteiger partial charge in [0.2, 0.25) is 5.91 Å². The molecule has 1 aromatic heterocycles. The fraction of sp³-hybridized carbons (Fsp3) is 0.481. The van der Waals surface area contributed by atoms with Crippen LogP contribution in [0.1, 0.15) is 36.4 Å². The molecule has 5 rings (SSSR count). The summed E-state index contributed by atoms with van der Waals surface area (Å²) in [7, 11) is 3.12. The smallest absolute Gasteiger partial charge is 0.324 e. The van der Waals surface area contributed by atoms with E-state index in [-0.39, 0.29) is 48.6 Å². The maximum Gasteiger partial charge on any atom is 0.324 e. The largest absolute Gasteiger partial charge is 0.493 e. The highest BCUT2D eigenvalue weighted by Gasteiger charge is 2.39. The number of hydrogen-bond donors (Lipinski definition) is 1. The van der Waals surface area contributed by atoms with Gasteiger partial charge in [0.05, 0.1) is 14.2 Å². The Balaban J connectivity index is 1.15. The molecular weight excluding hydrogens is 476 g/mol. The van der Waals surface area contributed by atoms with Gasteiger partial charge in [-0.2, -0.15) is 0 Å². The predicted molar refractivity (Wildman–Crippen MR) is 135 cm³/mol. The molecule has 3 atom stereocenters. The highest BCUT2D eigenvalue weighted by molar-refractivity contribution is 6.04. The van der Waals surface area contributed by atoms with Gasteiger partial charge in [0.25, 0.3) is 11.5 Å². The molecule has 1 N–H and O–H groups in total. The summed E-state index contributed by atoms with van der Waals surface area (Å²) in [5.41, 5.74) is 1.92. The lowest BCUT2D eigenvalue weighted by atomic mass is 9.83. The first-order chi connectivity index (χ1) is 17.9. The minimum atomic E-state index is -0.703. The first-order valence-corrected chi connectivity index (χ1v) is 12.7. The molecular formula is C27H32N4O6. The number of rotatable bonds is 8. The number of aromatic nitrogens is 1. The average Bonchev–Trinajstić information content (AvgIpc) is 3.18. The van der Waals surface area contributed by atoms with E-state index in [4.69, 9.17) is 9.47 Å². The number of imide groups is 1. The summed E-state index contributed by atoms with van der Waals surface area (Å²) >= 11 is 0. The molecule has 4 amide bonds. The van der Waals surface area contributed by atoms with Crippen molar-refractivity contribution < 1.29 is 23.9 Å². The first kappa shape index (κ1) is 24.9. The molecule has 3 unspecified atom stereocenters. The molecule has 2 saturated heterocycles. The highest BCUT2D eigenvalue weighted by atomic mass is 16.5. The molecule has 0 spiro atoms. The van der Waals surface area contributed by atoms with E-state index in [1.54, 1.807) is 32.4 Å². The van der Waals surface area contributed by atoms with Gasteiger partial charge < -0.3 is 24.3 Å². The van der Waals surface area contributed by atoms with Gasteiger partial charge in [-0.05, 0) is 48.9 Å². The Morgan fingerprint density at radius 3 is 2.62 bits per heavy atom. The molecule has 0 saturated carbocycles. The maximum absolute atomic E-state index is 13.1. The molecule has 10 nitrogen and oxygen atoms in total. The molecule has 3 aliphatic rings. The monoisotopic (exact) mass is 508 g/mol. The van der Waals surface area contributed by atoms with E-state index in [1.807, 2.05) is 27.7 Å². The summed E-state index contributed by atoms with van der Waals surface area (Å²) in [6.07, 6.45) is 1.89. The third kappa shape index (κ3) is 4.92. The van der Waals surface area contributed by atoms with Crippen LogP contribution in [0.15, 0.2) is 41.2 Å². The van der Waals surface area contributed by atoms with Crippen LogP contribution < -0.4 is 20.3 Å². The Kier molecular flexibility index (Phi) is 6.90. The minimum absolute atomic E-state index is 0.0122. The Labute approximate surface area is 215 Å². The second-order valence-electron chi connectivity index (χ2n) is 9.97. The lowest BCUT2D eigenvalue weighted by Crippen LogP contribution is -2.49. The number of methoxy groups -OCH3 is 2. The number of pyridine rings is 1. The van der Waals surface area contributed by atoms with Crippen molar-refractivity contribution in [3.63, 3.8) is 0 Å². The van der Waals surface area contributed by atoms with Crippen LogP contribution in [0, 0.1) is 5.92 Å². The number of amides is 4. The molecule has 196 valence electrons. The number of urea groups is 1. The Morgan fingerprint density at radius 1 is 1.03 bits per heavy atom.